The summed E-state index contributed by atoms with van der Waals surface area (Å²) in [6.07, 6.45) is 1.56. The summed E-state index contributed by atoms with van der Waals surface area (Å²) in [5.41, 5.74) is 0.376. The van der Waals surface area contributed by atoms with Crippen molar-refractivity contribution in [3.63, 3.8) is 0 Å². The molecule has 0 bridgehead atoms. The van der Waals surface area contributed by atoms with Crippen LogP contribution in [0.5, 0.6) is 0 Å². The Kier molecular flexibility index (Phi) is 5.22. The van der Waals surface area contributed by atoms with Crippen molar-refractivity contribution >= 4 is 15.9 Å². The van der Waals surface area contributed by atoms with Crippen LogP contribution in [-0.2, 0) is 14.9 Å². The van der Waals surface area contributed by atoms with Crippen LogP contribution in [0.1, 0.15) is 10.4 Å². The standard InChI is InChI=1S/C12H16N2O4S/c1-4-9-13-12(15)10-5-7-11(8-6-10)19(16,17)14(2)18-3/h4-8H,1,9H2,2-3H3,(H,13,15). The van der Waals surface area contributed by atoms with Crippen LogP contribution in [0.15, 0.2) is 41.8 Å². The molecule has 1 rings (SSSR count). The largest absolute Gasteiger partial charge is 0.349 e. The Bertz CT molecular complexity index is 552. The third-order valence-electron chi connectivity index (χ3n) is 2.42. The van der Waals surface area contributed by atoms with Gasteiger partial charge in [-0.05, 0) is 24.3 Å². The molecule has 0 aliphatic heterocycles. The first-order chi connectivity index (χ1) is 8.93. The number of hydrogen-bond donors (Lipinski definition) is 1. The lowest BCUT2D eigenvalue weighted by atomic mass is 10.2. The summed E-state index contributed by atoms with van der Waals surface area (Å²) in [6.45, 7) is 3.84. The molecule has 0 saturated carbocycles. The van der Waals surface area contributed by atoms with Crippen molar-refractivity contribution in [2.24, 2.45) is 0 Å². The molecule has 0 heterocycles. The Morgan fingerprint density at radius 3 is 2.47 bits per heavy atom. The van der Waals surface area contributed by atoms with E-state index < -0.39 is 10.0 Å². The lowest BCUT2D eigenvalue weighted by molar-refractivity contribution is -0.0258. The number of benzene rings is 1. The zero-order valence-corrected chi connectivity index (χ0v) is 11.6. The molecule has 1 aromatic rings. The summed E-state index contributed by atoms with van der Waals surface area (Å²) in [4.78, 5) is 16.3. The summed E-state index contributed by atoms with van der Waals surface area (Å²) < 4.78 is 24.6. The van der Waals surface area contributed by atoms with Gasteiger partial charge in [-0.1, -0.05) is 10.5 Å². The predicted octanol–water partition coefficient (Wildman–Crippen LogP) is 0.784. The van der Waals surface area contributed by atoms with E-state index in [0.29, 0.717) is 12.1 Å². The third-order valence-corrected chi connectivity index (χ3v) is 4.11. The lowest BCUT2D eigenvalue weighted by Crippen LogP contribution is -2.26. The molecule has 0 fully saturated rings. The molecule has 0 saturated heterocycles. The van der Waals surface area contributed by atoms with Gasteiger partial charge in [0.1, 0.15) is 0 Å². The molecule has 1 amide bonds. The zero-order valence-electron chi connectivity index (χ0n) is 10.8. The zero-order chi connectivity index (χ0) is 14.5. The van der Waals surface area contributed by atoms with E-state index in [1.807, 2.05) is 0 Å². The van der Waals surface area contributed by atoms with Crippen molar-refractivity contribution in [2.45, 2.75) is 4.90 Å². The number of hydrogen-bond acceptors (Lipinski definition) is 4. The molecule has 0 unspecified atom stereocenters. The molecule has 1 aromatic carbocycles. The van der Waals surface area contributed by atoms with Gasteiger partial charge in [-0.15, -0.1) is 6.58 Å². The minimum atomic E-state index is -3.69. The van der Waals surface area contributed by atoms with Gasteiger partial charge in [-0.25, -0.2) is 8.42 Å². The second-order valence-electron chi connectivity index (χ2n) is 3.62. The molecule has 0 atom stereocenters. The molecule has 19 heavy (non-hydrogen) atoms. The van der Waals surface area contributed by atoms with Crippen molar-refractivity contribution in [3.05, 3.63) is 42.5 Å². The second-order valence-corrected chi connectivity index (χ2v) is 5.56. The average Bonchev–Trinajstić information content (AvgIpc) is 2.43. The van der Waals surface area contributed by atoms with Crippen LogP contribution < -0.4 is 5.32 Å². The van der Waals surface area contributed by atoms with E-state index in [9.17, 15) is 13.2 Å². The maximum atomic E-state index is 11.9. The number of carbonyl (C=O) groups is 1. The number of nitrogens with one attached hydrogen (secondary N) is 1. The van der Waals surface area contributed by atoms with Crippen LogP contribution >= 0.6 is 0 Å². The van der Waals surface area contributed by atoms with Crippen molar-refractivity contribution in [2.75, 3.05) is 20.7 Å². The lowest BCUT2D eigenvalue weighted by Gasteiger charge is -2.14. The van der Waals surface area contributed by atoms with Gasteiger partial charge in [0.15, 0.2) is 0 Å². The molecule has 0 aliphatic rings. The van der Waals surface area contributed by atoms with Crippen molar-refractivity contribution in [1.29, 1.82) is 0 Å². The van der Waals surface area contributed by atoms with Crippen LogP contribution in [-0.4, -0.2) is 39.5 Å². The van der Waals surface area contributed by atoms with E-state index in [2.05, 4.69) is 16.7 Å². The van der Waals surface area contributed by atoms with Gasteiger partial charge in [0.05, 0.1) is 12.0 Å². The normalized spacial score (nSPS) is 11.3. The molecule has 0 spiro atoms. The number of rotatable bonds is 6. The third kappa shape index (κ3) is 3.63. The number of nitrogens with zero attached hydrogens (tertiary/aromatic N) is 1. The van der Waals surface area contributed by atoms with Crippen LogP contribution in [0.2, 0.25) is 0 Å². The highest BCUT2D eigenvalue weighted by molar-refractivity contribution is 7.89. The maximum Gasteiger partial charge on any atom is 0.264 e. The number of hydroxylamine groups is 1. The highest BCUT2D eigenvalue weighted by atomic mass is 32.2. The first-order valence-corrected chi connectivity index (χ1v) is 6.89. The summed E-state index contributed by atoms with van der Waals surface area (Å²) in [5.74, 6) is -0.288. The number of sulfonamides is 1. The molecular weight excluding hydrogens is 268 g/mol. The minimum absolute atomic E-state index is 0.0529. The van der Waals surface area contributed by atoms with Gasteiger partial charge in [0, 0.05) is 19.2 Å². The molecule has 0 aromatic heterocycles. The molecule has 6 nitrogen and oxygen atoms in total. The van der Waals surface area contributed by atoms with E-state index in [4.69, 9.17) is 0 Å². The van der Waals surface area contributed by atoms with E-state index in [1.54, 1.807) is 6.08 Å². The maximum absolute atomic E-state index is 11.9. The first kappa shape index (κ1) is 15.4. The Morgan fingerprint density at radius 1 is 1.42 bits per heavy atom. The summed E-state index contributed by atoms with van der Waals surface area (Å²) >= 11 is 0. The summed E-state index contributed by atoms with van der Waals surface area (Å²) in [5, 5.41) is 2.60. The highest BCUT2D eigenvalue weighted by Gasteiger charge is 2.20. The Morgan fingerprint density at radius 2 is 2.00 bits per heavy atom. The average molecular weight is 284 g/mol. The second kappa shape index (κ2) is 6.46. The van der Waals surface area contributed by atoms with Crippen molar-refractivity contribution in [3.8, 4) is 0 Å². The van der Waals surface area contributed by atoms with Gasteiger partial charge >= 0.3 is 0 Å². The minimum Gasteiger partial charge on any atom is -0.349 e. The van der Waals surface area contributed by atoms with Crippen LogP contribution in [0.4, 0.5) is 0 Å². The van der Waals surface area contributed by atoms with Gasteiger partial charge in [-0.3, -0.25) is 9.63 Å². The van der Waals surface area contributed by atoms with Gasteiger partial charge in [0.2, 0.25) is 0 Å². The molecule has 0 radical (unpaired) electrons. The Hall–Kier alpha value is -1.70. The molecule has 7 heteroatoms. The Balaban J connectivity index is 2.94. The highest BCUT2D eigenvalue weighted by Crippen LogP contribution is 2.15. The summed E-state index contributed by atoms with van der Waals surface area (Å²) in [7, 11) is -1.13. The first-order valence-electron chi connectivity index (χ1n) is 5.45. The Labute approximate surface area is 112 Å². The summed E-state index contributed by atoms with van der Waals surface area (Å²) in [6, 6.07) is 5.59. The van der Waals surface area contributed by atoms with Gasteiger partial charge in [-0.2, -0.15) is 0 Å². The number of amides is 1. The van der Waals surface area contributed by atoms with E-state index in [1.165, 1.54) is 38.4 Å². The quantitative estimate of drug-likeness (QED) is 0.619. The number of carbonyl (C=O) groups excluding carboxylic acids is 1. The van der Waals surface area contributed by atoms with E-state index >= 15 is 0 Å². The van der Waals surface area contributed by atoms with Gasteiger partial charge < -0.3 is 5.32 Å². The predicted molar refractivity (Wildman–Crippen MR) is 70.9 cm³/mol. The topological polar surface area (TPSA) is 75.7 Å². The van der Waals surface area contributed by atoms with Gasteiger partial charge in [0.25, 0.3) is 15.9 Å². The fourth-order valence-corrected chi connectivity index (χ4v) is 2.26. The smallest absolute Gasteiger partial charge is 0.264 e. The van der Waals surface area contributed by atoms with Crippen LogP contribution in [0.25, 0.3) is 0 Å². The van der Waals surface area contributed by atoms with Crippen LogP contribution in [0, 0.1) is 0 Å². The fraction of sp³-hybridized carbons (Fsp3) is 0.250. The SMILES string of the molecule is C=CCNC(=O)c1ccc(S(=O)(=O)N(C)OC)cc1. The molecule has 1 N–H and O–H groups in total. The molecule has 0 aliphatic carbocycles. The molecule has 104 valence electrons. The van der Waals surface area contributed by atoms with Crippen molar-refractivity contribution < 1.29 is 18.0 Å². The molecular formula is C12H16N2O4S. The van der Waals surface area contributed by atoms with Crippen molar-refractivity contribution in [1.82, 2.24) is 9.79 Å². The fourth-order valence-electron chi connectivity index (χ4n) is 1.29. The van der Waals surface area contributed by atoms with E-state index in [0.717, 1.165) is 4.47 Å². The van der Waals surface area contributed by atoms with E-state index in [-0.39, 0.29) is 10.8 Å². The monoisotopic (exact) mass is 284 g/mol. The van der Waals surface area contributed by atoms with Crippen LogP contribution in [0.3, 0.4) is 0 Å².